The number of nitrogens with zero attached hydrogens (tertiary/aromatic N) is 7. The summed E-state index contributed by atoms with van der Waals surface area (Å²) < 4.78 is 2.32. The third kappa shape index (κ3) is 4.00. The lowest BCUT2D eigenvalue weighted by Gasteiger charge is -2.49. The second-order valence-corrected chi connectivity index (χ2v) is 14.4. The standard InChI is InChI=1S/C39H36IN7/c1-4-39(3)33(25(2)28-19-11-13-21-30(28)45-35-36(42-24-23-41-35)46(40)38(39)45)32-29-20-12-14-22-31(29)47-37(32)44(27-17-9-6-10-18-27)34(43-47)26-15-7-5-8-16-26/h4-12,14-20,22-25,32-33,37-38H,1,13,21H2,2-3H3. The molecular weight excluding hydrogens is 693 g/mol. The fraction of sp³-hybridized carbons (Fsp3) is 0.256. The van der Waals surface area contributed by atoms with Crippen LogP contribution in [0.15, 0.2) is 139 Å². The van der Waals surface area contributed by atoms with E-state index in [0.717, 1.165) is 41.6 Å². The van der Waals surface area contributed by atoms with Gasteiger partial charge in [0.1, 0.15) is 12.3 Å². The molecule has 7 nitrogen and oxygen atoms in total. The minimum atomic E-state index is -0.389. The number of rotatable bonds is 4. The van der Waals surface area contributed by atoms with Gasteiger partial charge >= 0.3 is 0 Å². The molecule has 3 aromatic carbocycles. The van der Waals surface area contributed by atoms with Crippen molar-refractivity contribution in [2.24, 2.45) is 22.4 Å². The van der Waals surface area contributed by atoms with Crippen LogP contribution in [0, 0.1) is 17.3 Å². The number of benzene rings is 3. The Morgan fingerprint density at radius 3 is 2.36 bits per heavy atom. The molecule has 8 heteroatoms. The summed E-state index contributed by atoms with van der Waals surface area (Å²) in [5.41, 5.74) is 7.11. The second-order valence-electron chi connectivity index (χ2n) is 13.3. The van der Waals surface area contributed by atoms with Gasteiger partial charge in [0.2, 0.25) is 0 Å². The molecule has 1 aliphatic carbocycles. The zero-order chi connectivity index (χ0) is 31.9. The number of anilines is 4. The Labute approximate surface area is 290 Å². The average molecular weight is 730 g/mol. The van der Waals surface area contributed by atoms with Crippen molar-refractivity contribution in [3.8, 4) is 0 Å². The molecule has 0 amide bonds. The van der Waals surface area contributed by atoms with E-state index in [1.54, 1.807) is 0 Å². The molecule has 5 heterocycles. The summed E-state index contributed by atoms with van der Waals surface area (Å²) in [6.07, 6.45) is 12.5. The molecule has 0 saturated carbocycles. The molecule has 0 fully saturated rings. The van der Waals surface area contributed by atoms with Gasteiger partial charge in [-0.15, -0.1) is 6.58 Å². The highest BCUT2D eigenvalue weighted by atomic mass is 127. The number of hydrazone groups is 1. The van der Waals surface area contributed by atoms with Gasteiger partial charge in [-0.3, -0.25) is 3.11 Å². The smallest absolute Gasteiger partial charge is 0.183 e. The van der Waals surface area contributed by atoms with E-state index in [1.165, 1.54) is 22.5 Å². The molecule has 4 aromatic rings. The van der Waals surface area contributed by atoms with E-state index >= 15 is 0 Å². The van der Waals surface area contributed by atoms with Crippen molar-refractivity contribution in [3.05, 3.63) is 145 Å². The number of halogens is 1. The van der Waals surface area contributed by atoms with Crippen LogP contribution in [0.1, 0.15) is 43.7 Å². The van der Waals surface area contributed by atoms with E-state index in [0.29, 0.717) is 0 Å². The monoisotopic (exact) mass is 729 g/mol. The summed E-state index contributed by atoms with van der Waals surface area (Å²) in [5, 5.41) is 7.76. The Kier molecular flexibility index (Phi) is 6.61. The first kappa shape index (κ1) is 28.8. The molecule has 6 atom stereocenters. The van der Waals surface area contributed by atoms with Gasteiger partial charge in [-0.1, -0.05) is 98.8 Å². The maximum absolute atomic E-state index is 5.46. The minimum Gasteiger partial charge on any atom is -0.304 e. The van der Waals surface area contributed by atoms with Gasteiger partial charge in [-0.2, -0.15) is 5.10 Å². The highest BCUT2D eigenvalue weighted by Gasteiger charge is 2.62. The number of amidine groups is 1. The molecule has 6 unspecified atom stereocenters. The Hall–Kier alpha value is -4.44. The number of hydrogen-bond acceptors (Lipinski definition) is 7. The minimum absolute atomic E-state index is 0.0493. The SMILES string of the molecule is C=CC1(C)C(C2c3ccccc3N3N=C(c4ccccc4)N(c4ccccc4)C23)C(C)C2=C(CCC=C2)N2c3nccnc3N(I)C21. The summed E-state index contributed by atoms with van der Waals surface area (Å²) in [7, 11) is 0. The van der Waals surface area contributed by atoms with Crippen molar-refractivity contribution in [2.75, 3.05) is 17.9 Å². The lowest BCUT2D eigenvalue weighted by atomic mass is 9.60. The first-order valence-corrected chi connectivity index (χ1v) is 17.4. The van der Waals surface area contributed by atoms with Crippen molar-refractivity contribution in [1.29, 1.82) is 0 Å². The topological polar surface area (TPSA) is 51.1 Å². The van der Waals surface area contributed by atoms with Crippen molar-refractivity contribution in [2.45, 2.75) is 44.9 Å². The zero-order valence-electron chi connectivity index (χ0n) is 26.5. The van der Waals surface area contributed by atoms with Crippen LogP contribution in [0.3, 0.4) is 0 Å². The van der Waals surface area contributed by atoms with Crippen LogP contribution in [0.4, 0.5) is 23.0 Å². The summed E-state index contributed by atoms with van der Waals surface area (Å²) in [6.45, 7) is 9.49. The van der Waals surface area contributed by atoms with Crippen molar-refractivity contribution < 1.29 is 0 Å². The zero-order valence-corrected chi connectivity index (χ0v) is 28.6. The molecule has 0 N–H and O–H groups in total. The molecule has 234 valence electrons. The molecule has 9 rings (SSSR count). The Morgan fingerprint density at radius 1 is 0.894 bits per heavy atom. The molecule has 0 bridgehead atoms. The summed E-state index contributed by atoms with van der Waals surface area (Å²) in [6, 6.07) is 30.3. The van der Waals surface area contributed by atoms with Gasteiger partial charge in [-0.05, 0) is 54.0 Å². The first-order chi connectivity index (χ1) is 23.0. The van der Waals surface area contributed by atoms with Crippen LogP contribution < -0.4 is 17.9 Å². The molecule has 0 saturated heterocycles. The highest BCUT2D eigenvalue weighted by molar-refractivity contribution is 14.1. The molecule has 4 aliphatic heterocycles. The third-order valence-electron chi connectivity index (χ3n) is 11.0. The quantitative estimate of drug-likeness (QED) is 0.119. The van der Waals surface area contributed by atoms with Crippen LogP contribution in [0.5, 0.6) is 0 Å². The van der Waals surface area contributed by atoms with Gasteiger partial charge in [0.05, 0.1) is 28.6 Å². The van der Waals surface area contributed by atoms with Crippen LogP contribution in [0.2, 0.25) is 0 Å². The van der Waals surface area contributed by atoms with Crippen LogP contribution >= 0.6 is 22.9 Å². The summed E-state index contributed by atoms with van der Waals surface area (Å²) >= 11 is 2.48. The molecule has 5 aliphatic rings. The predicted octanol–water partition coefficient (Wildman–Crippen LogP) is 8.65. The highest BCUT2D eigenvalue weighted by Crippen LogP contribution is 2.63. The molecule has 47 heavy (non-hydrogen) atoms. The van der Waals surface area contributed by atoms with E-state index in [1.807, 2.05) is 12.4 Å². The Bertz CT molecular complexity index is 1970. The van der Waals surface area contributed by atoms with Crippen LogP contribution in [-0.2, 0) is 0 Å². The van der Waals surface area contributed by atoms with Gasteiger partial charge in [-0.25, -0.2) is 15.0 Å². The largest absolute Gasteiger partial charge is 0.304 e. The maximum atomic E-state index is 5.46. The number of allylic oxidation sites excluding steroid dienone is 4. The molecular formula is C39H36IN7. The number of hydrogen-bond donors (Lipinski definition) is 0. The summed E-state index contributed by atoms with van der Waals surface area (Å²) in [4.78, 5) is 14.8. The summed E-state index contributed by atoms with van der Waals surface area (Å²) in [5.74, 6) is 3.27. The van der Waals surface area contributed by atoms with E-state index in [9.17, 15) is 0 Å². The average Bonchev–Trinajstić information content (AvgIpc) is 3.75. The van der Waals surface area contributed by atoms with Crippen LogP contribution in [-0.4, -0.2) is 28.1 Å². The Balaban J connectivity index is 1.29. The Morgan fingerprint density at radius 2 is 1.60 bits per heavy atom. The third-order valence-corrected chi connectivity index (χ3v) is 12.0. The maximum Gasteiger partial charge on any atom is 0.183 e. The van der Waals surface area contributed by atoms with E-state index in [4.69, 9.17) is 15.1 Å². The van der Waals surface area contributed by atoms with E-state index in [2.05, 4.69) is 164 Å². The second kappa shape index (κ2) is 10.8. The van der Waals surface area contributed by atoms with Gasteiger partial charge < -0.3 is 9.80 Å². The van der Waals surface area contributed by atoms with E-state index < -0.39 is 0 Å². The van der Waals surface area contributed by atoms with Crippen molar-refractivity contribution >= 4 is 51.7 Å². The number of para-hydroxylation sites is 2. The van der Waals surface area contributed by atoms with Gasteiger partial charge in [0.15, 0.2) is 17.5 Å². The normalized spacial score (nSPS) is 28.7. The lowest BCUT2D eigenvalue weighted by molar-refractivity contribution is 0.137. The number of fused-ring (bicyclic) bond motifs is 7. The van der Waals surface area contributed by atoms with E-state index in [-0.39, 0.29) is 35.5 Å². The van der Waals surface area contributed by atoms with Crippen molar-refractivity contribution in [3.63, 3.8) is 0 Å². The molecule has 1 aromatic heterocycles. The lowest BCUT2D eigenvalue weighted by Crippen LogP contribution is -2.56. The molecule has 0 radical (unpaired) electrons. The number of aromatic nitrogens is 2. The fourth-order valence-corrected chi connectivity index (χ4v) is 10.3. The van der Waals surface area contributed by atoms with Gasteiger partial charge in [0, 0.05) is 40.7 Å². The fourth-order valence-electron chi connectivity index (χ4n) is 9.08. The van der Waals surface area contributed by atoms with Gasteiger partial charge in [0.25, 0.3) is 0 Å². The van der Waals surface area contributed by atoms with Crippen molar-refractivity contribution in [1.82, 2.24) is 9.97 Å². The van der Waals surface area contributed by atoms with Crippen LogP contribution in [0.25, 0.3) is 0 Å². The predicted molar refractivity (Wildman–Crippen MR) is 199 cm³/mol. The molecule has 0 spiro atoms. The first-order valence-electron chi connectivity index (χ1n) is 16.5.